The molecular weight excluding hydrogens is 328 g/mol. The molecule has 0 aliphatic carbocycles. The van der Waals surface area contributed by atoms with Gasteiger partial charge in [-0.15, -0.1) is 0 Å². The van der Waals surface area contributed by atoms with Crippen molar-refractivity contribution in [3.05, 3.63) is 71.3 Å². The number of aliphatic hydroxyl groups is 1. The molecule has 2 aromatic rings. The Bertz CT molecular complexity index is 764. The molecule has 5 nitrogen and oxygen atoms in total. The van der Waals surface area contributed by atoms with Crippen molar-refractivity contribution in [2.75, 3.05) is 6.54 Å². The molecule has 1 atom stereocenters. The van der Waals surface area contributed by atoms with Gasteiger partial charge in [0.1, 0.15) is 11.2 Å². The van der Waals surface area contributed by atoms with Gasteiger partial charge in [-0.2, -0.15) is 0 Å². The molecule has 0 saturated heterocycles. The minimum Gasteiger partial charge on any atom is -0.444 e. The van der Waals surface area contributed by atoms with Gasteiger partial charge in [0.15, 0.2) is 0 Å². The van der Waals surface area contributed by atoms with Crippen molar-refractivity contribution in [2.24, 2.45) is 0 Å². The van der Waals surface area contributed by atoms with Gasteiger partial charge in [0.25, 0.3) is 0 Å². The van der Waals surface area contributed by atoms with Gasteiger partial charge in [0.2, 0.25) is 0 Å². The Kier molecular flexibility index (Phi) is 5.83. The topological polar surface area (TPSA) is 82.4 Å². The Labute approximate surface area is 154 Å². The van der Waals surface area contributed by atoms with Crippen LogP contribution in [0.15, 0.2) is 54.6 Å². The molecule has 26 heavy (non-hydrogen) atoms. The summed E-state index contributed by atoms with van der Waals surface area (Å²) >= 11 is 0. The van der Waals surface area contributed by atoms with Crippen LogP contribution < -0.4 is 5.32 Å². The van der Waals surface area contributed by atoms with Crippen LogP contribution in [0.1, 0.15) is 37.5 Å². The zero-order valence-electron chi connectivity index (χ0n) is 15.7. The Balaban J connectivity index is 2.30. The molecule has 0 fully saturated rings. The van der Waals surface area contributed by atoms with Gasteiger partial charge in [-0.1, -0.05) is 60.2 Å². The van der Waals surface area contributed by atoms with Crippen molar-refractivity contribution in [1.29, 1.82) is 5.41 Å². The third-order valence-electron chi connectivity index (χ3n) is 3.89. The van der Waals surface area contributed by atoms with E-state index in [1.165, 1.54) is 0 Å². The first kappa shape index (κ1) is 19.7. The first-order valence-corrected chi connectivity index (χ1v) is 8.53. The van der Waals surface area contributed by atoms with E-state index in [2.05, 4.69) is 5.32 Å². The largest absolute Gasteiger partial charge is 0.444 e. The average Bonchev–Trinajstić information content (AvgIpc) is 2.59. The summed E-state index contributed by atoms with van der Waals surface area (Å²) in [6, 6.07) is 16.2. The summed E-state index contributed by atoms with van der Waals surface area (Å²) in [6.45, 7) is 7.10. The van der Waals surface area contributed by atoms with E-state index >= 15 is 0 Å². The molecule has 0 spiro atoms. The summed E-state index contributed by atoms with van der Waals surface area (Å²) in [7, 11) is 0. The number of amides is 1. The number of aryl methyl sites for hydroxylation is 1. The Morgan fingerprint density at radius 2 is 1.65 bits per heavy atom. The number of carbonyl (C=O) groups excluding carboxylic acids is 1. The summed E-state index contributed by atoms with van der Waals surface area (Å²) in [5, 5.41) is 22.5. The molecular formula is C21H26N2O3. The minimum absolute atomic E-state index is 0.0137. The van der Waals surface area contributed by atoms with Crippen LogP contribution in [0.25, 0.3) is 0 Å². The Morgan fingerprint density at radius 3 is 2.19 bits per heavy atom. The molecule has 0 bridgehead atoms. The Morgan fingerprint density at radius 1 is 1.08 bits per heavy atom. The fraction of sp³-hybridized carbons (Fsp3) is 0.333. The van der Waals surface area contributed by atoms with Crippen LogP contribution in [0.4, 0.5) is 4.79 Å². The standard InChI is InChI=1S/C21H26N2O3/c1-15-10-12-16(13-11-15)18(22)21(25,17-8-6-5-7-9-17)14-23-19(24)26-20(2,3)4/h5-13,22,25H,14H2,1-4H3,(H,23,24). The molecule has 0 saturated carbocycles. The lowest BCUT2D eigenvalue weighted by Crippen LogP contribution is -2.47. The van der Waals surface area contributed by atoms with E-state index < -0.39 is 17.3 Å². The maximum absolute atomic E-state index is 12.0. The van der Waals surface area contributed by atoms with Crippen LogP contribution in [0, 0.1) is 12.3 Å². The second-order valence-corrected chi connectivity index (χ2v) is 7.32. The molecule has 138 valence electrons. The van der Waals surface area contributed by atoms with E-state index in [9.17, 15) is 9.90 Å². The predicted octanol–water partition coefficient (Wildman–Crippen LogP) is 3.78. The van der Waals surface area contributed by atoms with Gasteiger partial charge in [-0.25, -0.2) is 4.79 Å². The molecule has 0 heterocycles. The normalized spacial score (nSPS) is 13.6. The van der Waals surface area contributed by atoms with Crippen LogP contribution >= 0.6 is 0 Å². The van der Waals surface area contributed by atoms with Crippen molar-refractivity contribution in [1.82, 2.24) is 5.32 Å². The molecule has 0 aliphatic rings. The van der Waals surface area contributed by atoms with E-state index in [-0.39, 0.29) is 12.3 Å². The van der Waals surface area contributed by atoms with E-state index in [0.29, 0.717) is 11.1 Å². The van der Waals surface area contributed by atoms with Crippen molar-refractivity contribution < 1.29 is 14.6 Å². The fourth-order valence-corrected chi connectivity index (χ4v) is 2.52. The number of ether oxygens (including phenoxy) is 1. The highest BCUT2D eigenvalue weighted by Gasteiger charge is 2.36. The van der Waals surface area contributed by atoms with Crippen molar-refractivity contribution in [2.45, 2.75) is 38.9 Å². The third-order valence-corrected chi connectivity index (χ3v) is 3.89. The smallest absolute Gasteiger partial charge is 0.407 e. The highest BCUT2D eigenvalue weighted by molar-refractivity contribution is 6.05. The monoisotopic (exact) mass is 354 g/mol. The number of carbonyl (C=O) groups is 1. The van der Waals surface area contributed by atoms with Gasteiger partial charge in [0, 0.05) is 0 Å². The molecule has 1 amide bonds. The lowest BCUT2D eigenvalue weighted by molar-refractivity contribution is 0.0445. The number of benzene rings is 2. The predicted molar refractivity (Wildman–Crippen MR) is 103 cm³/mol. The number of alkyl carbamates (subject to hydrolysis) is 1. The van der Waals surface area contributed by atoms with Crippen molar-refractivity contribution >= 4 is 11.8 Å². The van der Waals surface area contributed by atoms with Crippen LogP contribution in [0.3, 0.4) is 0 Å². The second-order valence-electron chi connectivity index (χ2n) is 7.32. The van der Waals surface area contributed by atoms with Gasteiger partial charge >= 0.3 is 6.09 Å². The van der Waals surface area contributed by atoms with Gasteiger partial charge < -0.3 is 20.6 Å². The first-order valence-electron chi connectivity index (χ1n) is 8.53. The Hall–Kier alpha value is -2.66. The molecule has 2 aromatic carbocycles. The molecule has 0 aliphatic heterocycles. The van der Waals surface area contributed by atoms with Crippen LogP contribution in [0.5, 0.6) is 0 Å². The lowest BCUT2D eigenvalue weighted by Gasteiger charge is -2.30. The van der Waals surface area contributed by atoms with Crippen LogP contribution in [-0.4, -0.2) is 29.1 Å². The third kappa shape index (κ3) is 4.92. The van der Waals surface area contributed by atoms with Gasteiger partial charge in [0.05, 0.1) is 12.3 Å². The highest BCUT2D eigenvalue weighted by Crippen LogP contribution is 2.26. The quantitative estimate of drug-likeness (QED) is 0.715. The fourth-order valence-electron chi connectivity index (χ4n) is 2.52. The lowest BCUT2D eigenvalue weighted by atomic mass is 9.85. The molecule has 0 radical (unpaired) electrons. The average molecular weight is 354 g/mol. The van der Waals surface area contributed by atoms with Gasteiger partial charge in [-0.05, 0) is 38.8 Å². The summed E-state index contributed by atoms with van der Waals surface area (Å²) in [6.07, 6.45) is -0.636. The summed E-state index contributed by atoms with van der Waals surface area (Å²) in [5.41, 5.74) is -0.113. The maximum atomic E-state index is 12.0. The van der Waals surface area contributed by atoms with E-state index in [4.69, 9.17) is 10.1 Å². The zero-order chi connectivity index (χ0) is 19.4. The number of nitrogens with one attached hydrogen (secondary N) is 2. The zero-order valence-corrected chi connectivity index (χ0v) is 15.7. The van der Waals surface area contributed by atoms with E-state index in [0.717, 1.165) is 5.56 Å². The molecule has 1 unspecified atom stereocenters. The van der Waals surface area contributed by atoms with Crippen LogP contribution in [-0.2, 0) is 10.3 Å². The number of rotatable bonds is 5. The van der Waals surface area contributed by atoms with Crippen molar-refractivity contribution in [3.63, 3.8) is 0 Å². The molecule has 0 aromatic heterocycles. The minimum atomic E-state index is -1.67. The van der Waals surface area contributed by atoms with Gasteiger partial charge in [-0.3, -0.25) is 0 Å². The molecule has 3 N–H and O–H groups in total. The second kappa shape index (κ2) is 7.70. The number of hydrogen-bond donors (Lipinski definition) is 3. The highest BCUT2D eigenvalue weighted by atomic mass is 16.6. The number of hydrogen-bond acceptors (Lipinski definition) is 4. The van der Waals surface area contributed by atoms with E-state index in [1.807, 2.05) is 25.1 Å². The summed E-state index contributed by atoms with van der Waals surface area (Å²) in [5.74, 6) is 0. The van der Waals surface area contributed by atoms with Crippen LogP contribution in [0.2, 0.25) is 0 Å². The molecule has 5 heteroatoms. The molecule has 2 rings (SSSR count). The first-order chi connectivity index (χ1) is 12.1. The SMILES string of the molecule is Cc1ccc(C(=N)C(O)(CNC(=O)OC(C)(C)C)c2ccccc2)cc1. The maximum Gasteiger partial charge on any atom is 0.407 e. The van der Waals surface area contributed by atoms with E-state index in [1.54, 1.807) is 57.2 Å². The summed E-state index contributed by atoms with van der Waals surface area (Å²) in [4.78, 5) is 12.0. The summed E-state index contributed by atoms with van der Waals surface area (Å²) < 4.78 is 5.24. The van der Waals surface area contributed by atoms with Crippen molar-refractivity contribution in [3.8, 4) is 0 Å².